The van der Waals surface area contributed by atoms with Crippen molar-refractivity contribution in [1.29, 1.82) is 0 Å². The number of rotatable bonds is 6. The average Bonchev–Trinajstić information content (AvgIpc) is 3.11. The number of amides is 1. The van der Waals surface area contributed by atoms with E-state index in [2.05, 4.69) is 21.5 Å². The third kappa shape index (κ3) is 4.17. The molecule has 2 aliphatic heterocycles. The number of hydrazine groups is 1. The van der Waals surface area contributed by atoms with Crippen molar-refractivity contribution in [2.45, 2.75) is 18.9 Å². The molecule has 1 aromatic rings. The molecule has 6 nitrogen and oxygen atoms in total. The Hall–Kier alpha value is -1.54. The highest BCUT2D eigenvalue weighted by Gasteiger charge is 2.37. The maximum atomic E-state index is 14.1. The molecule has 1 amide bonds. The zero-order valence-corrected chi connectivity index (χ0v) is 14.6. The topological polar surface area (TPSA) is 74.4 Å². The number of hydrogen-bond acceptors (Lipinski definition) is 5. The summed E-state index contributed by atoms with van der Waals surface area (Å²) in [5.74, 6) is -0.700. The summed E-state index contributed by atoms with van der Waals surface area (Å²) in [5, 5.41) is 6.44. The molecule has 0 saturated carbocycles. The molecule has 2 heterocycles. The van der Waals surface area contributed by atoms with E-state index in [1.165, 1.54) is 6.07 Å². The summed E-state index contributed by atoms with van der Waals surface area (Å²) in [6.45, 7) is 3.56. The summed E-state index contributed by atoms with van der Waals surface area (Å²) in [5.41, 5.74) is 6.51. The third-order valence-corrected chi connectivity index (χ3v) is 5.31. The molecular formula is C18H27FN4O2. The number of carbonyl (C=O) groups excluding carboxylic acids is 1. The fraction of sp³-hybridized carbons (Fsp3) is 0.611. The SMILES string of the molecule is COCC1(CNC(=O)C2CNNC2c2ccccc2F)CCNCC1. The molecule has 25 heavy (non-hydrogen) atoms. The van der Waals surface area contributed by atoms with Gasteiger partial charge in [0.25, 0.3) is 0 Å². The molecule has 3 rings (SSSR count). The van der Waals surface area contributed by atoms with Crippen LogP contribution < -0.4 is 21.5 Å². The Morgan fingerprint density at radius 3 is 2.84 bits per heavy atom. The minimum atomic E-state index is -0.368. The van der Waals surface area contributed by atoms with Crippen molar-refractivity contribution in [3.8, 4) is 0 Å². The number of halogens is 1. The predicted molar refractivity (Wildman–Crippen MR) is 93.2 cm³/mol. The summed E-state index contributed by atoms with van der Waals surface area (Å²) in [6, 6.07) is 6.22. The quantitative estimate of drug-likeness (QED) is 0.609. The second-order valence-corrected chi connectivity index (χ2v) is 7.03. The maximum absolute atomic E-state index is 14.1. The molecule has 0 aliphatic carbocycles. The summed E-state index contributed by atoms with van der Waals surface area (Å²) < 4.78 is 19.5. The van der Waals surface area contributed by atoms with Gasteiger partial charge in [-0.05, 0) is 32.0 Å². The van der Waals surface area contributed by atoms with Crippen molar-refractivity contribution in [2.24, 2.45) is 11.3 Å². The van der Waals surface area contributed by atoms with Crippen LogP contribution in [0, 0.1) is 17.2 Å². The summed E-state index contributed by atoms with van der Waals surface area (Å²) in [4.78, 5) is 12.8. The first-order chi connectivity index (χ1) is 12.2. The van der Waals surface area contributed by atoms with Crippen molar-refractivity contribution in [1.82, 2.24) is 21.5 Å². The van der Waals surface area contributed by atoms with Crippen LogP contribution in [-0.2, 0) is 9.53 Å². The summed E-state index contributed by atoms with van der Waals surface area (Å²) in [6.07, 6.45) is 1.94. The van der Waals surface area contributed by atoms with Crippen LogP contribution in [0.15, 0.2) is 24.3 Å². The summed E-state index contributed by atoms with van der Waals surface area (Å²) in [7, 11) is 1.70. The number of carbonyl (C=O) groups is 1. The molecule has 0 spiro atoms. The maximum Gasteiger partial charge on any atom is 0.226 e. The van der Waals surface area contributed by atoms with Gasteiger partial charge < -0.3 is 15.4 Å². The van der Waals surface area contributed by atoms with Crippen LogP contribution in [0.3, 0.4) is 0 Å². The van der Waals surface area contributed by atoms with Gasteiger partial charge in [0.2, 0.25) is 5.91 Å². The molecule has 2 saturated heterocycles. The summed E-state index contributed by atoms with van der Waals surface area (Å²) >= 11 is 0. The van der Waals surface area contributed by atoms with Gasteiger partial charge >= 0.3 is 0 Å². The first-order valence-corrected chi connectivity index (χ1v) is 8.85. The second-order valence-electron chi connectivity index (χ2n) is 7.03. The molecule has 0 bridgehead atoms. The van der Waals surface area contributed by atoms with Crippen LogP contribution in [0.2, 0.25) is 0 Å². The molecule has 2 fully saturated rings. The van der Waals surface area contributed by atoms with Crippen molar-refractivity contribution in [2.75, 3.05) is 39.9 Å². The van der Waals surface area contributed by atoms with E-state index >= 15 is 0 Å². The Morgan fingerprint density at radius 2 is 2.12 bits per heavy atom. The molecule has 0 aromatic heterocycles. The van der Waals surface area contributed by atoms with E-state index in [1.807, 2.05) is 0 Å². The van der Waals surface area contributed by atoms with Crippen LogP contribution in [0.1, 0.15) is 24.4 Å². The van der Waals surface area contributed by atoms with Crippen molar-refractivity contribution >= 4 is 5.91 Å². The number of piperidine rings is 1. The van der Waals surface area contributed by atoms with E-state index in [0.717, 1.165) is 25.9 Å². The molecule has 1 aromatic carbocycles. The third-order valence-electron chi connectivity index (χ3n) is 5.31. The van der Waals surface area contributed by atoms with Gasteiger partial charge in [-0.1, -0.05) is 18.2 Å². The van der Waals surface area contributed by atoms with Gasteiger partial charge in [0.05, 0.1) is 18.6 Å². The van der Waals surface area contributed by atoms with Crippen LogP contribution in [0.4, 0.5) is 4.39 Å². The minimum Gasteiger partial charge on any atom is -0.384 e. The lowest BCUT2D eigenvalue weighted by atomic mass is 9.79. The van der Waals surface area contributed by atoms with Crippen LogP contribution in [0.25, 0.3) is 0 Å². The largest absolute Gasteiger partial charge is 0.384 e. The highest BCUT2D eigenvalue weighted by atomic mass is 19.1. The highest BCUT2D eigenvalue weighted by Crippen LogP contribution is 2.30. The lowest BCUT2D eigenvalue weighted by Gasteiger charge is -2.37. The van der Waals surface area contributed by atoms with Gasteiger partial charge in [-0.3, -0.25) is 10.2 Å². The van der Waals surface area contributed by atoms with Gasteiger partial charge in [0, 0.05) is 31.2 Å². The molecule has 2 aliphatic rings. The lowest BCUT2D eigenvalue weighted by molar-refractivity contribution is -0.125. The zero-order valence-electron chi connectivity index (χ0n) is 14.6. The Kier molecular flexibility index (Phi) is 6.01. The van der Waals surface area contributed by atoms with Gasteiger partial charge in [-0.2, -0.15) is 0 Å². The number of benzene rings is 1. The number of methoxy groups -OCH3 is 1. The van der Waals surface area contributed by atoms with Gasteiger partial charge in [-0.25, -0.2) is 9.82 Å². The number of ether oxygens (including phenoxy) is 1. The fourth-order valence-corrected chi connectivity index (χ4v) is 3.80. The smallest absolute Gasteiger partial charge is 0.226 e. The van der Waals surface area contributed by atoms with Crippen LogP contribution >= 0.6 is 0 Å². The Morgan fingerprint density at radius 1 is 1.36 bits per heavy atom. The molecule has 138 valence electrons. The monoisotopic (exact) mass is 350 g/mol. The molecule has 2 atom stereocenters. The molecule has 7 heteroatoms. The normalized spacial score (nSPS) is 25.7. The van der Waals surface area contributed by atoms with E-state index in [-0.39, 0.29) is 29.1 Å². The standard InChI is InChI=1S/C18H27FN4O2/c1-25-12-18(6-8-20-9-7-18)11-21-17(24)14-10-22-23-16(14)13-4-2-3-5-15(13)19/h2-5,14,16,20,22-23H,6-12H2,1H3,(H,21,24). The van der Waals surface area contributed by atoms with Gasteiger partial charge in [0.1, 0.15) is 5.82 Å². The molecule has 0 radical (unpaired) electrons. The van der Waals surface area contributed by atoms with Crippen LogP contribution in [0.5, 0.6) is 0 Å². The Labute approximate surface area is 147 Å². The first kappa shape index (κ1) is 18.3. The Balaban J connectivity index is 1.64. The number of nitrogens with one attached hydrogen (secondary N) is 4. The minimum absolute atomic E-state index is 0.0252. The van der Waals surface area contributed by atoms with E-state index in [0.29, 0.717) is 25.3 Å². The second kappa shape index (κ2) is 8.23. The van der Waals surface area contributed by atoms with E-state index in [4.69, 9.17) is 4.74 Å². The molecular weight excluding hydrogens is 323 g/mol. The average molecular weight is 350 g/mol. The van der Waals surface area contributed by atoms with Crippen LogP contribution in [-0.4, -0.2) is 45.8 Å². The van der Waals surface area contributed by atoms with E-state index in [9.17, 15) is 9.18 Å². The fourth-order valence-electron chi connectivity index (χ4n) is 3.80. The van der Waals surface area contributed by atoms with Gasteiger partial charge in [-0.15, -0.1) is 0 Å². The zero-order chi connectivity index (χ0) is 17.7. The lowest BCUT2D eigenvalue weighted by Crippen LogP contribution is -2.48. The van der Waals surface area contributed by atoms with E-state index < -0.39 is 0 Å². The van der Waals surface area contributed by atoms with E-state index in [1.54, 1.807) is 25.3 Å². The first-order valence-electron chi connectivity index (χ1n) is 8.85. The van der Waals surface area contributed by atoms with Crippen molar-refractivity contribution in [3.05, 3.63) is 35.6 Å². The molecule has 4 N–H and O–H groups in total. The Bertz CT molecular complexity index is 587. The predicted octanol–water partition coefficient (Wildman–Crippen LogP) is 0.723. The molecule has 2 unspecified atom stereocenters. The number of hydrogen-bond donors (Lipinski definition) is 4. The van der Waals surface area contributed by atoms with Crippen molar-refractivity contribution in [3.63, 3.8) is 0 Å². The van der Waals surface area contributed by atoms with Gasteiger partial charge in [0.15, 0.2) is 0 Å². The highest BCUT2D eigenvalue weighted by molar-refractivity contribution is 5.80. The van der Waals surface area contributed by atoms with Crippen molar-refractivity contribution < 1.29 is 13.9 Å².